The lowest BCUT2D eigenvalue weighted by molar-refractivity contribution is -0.140. The number of Topliss-reactive ketones (excluding diaryl/α,β-unsaturated/α-hetero) is 1. The second-order valence-electron chi connectivity index (χ2n) is 7.95. The number of halogens is 1. The molecule has 2 heterocycles. The average Bonchev–Trinajstić information content (AvgIpc) is 3.10. The molecule has 0 saturated carbocycles. The Labute approximate surface area is 183 Å². The van der Waals surface area contributed by atoms with Gasteiger partial charge in [-0.25, -0.2) is 4.39 Å². The summed E-state index contributed by atoms with van der Waals surface area (Å²) in [5.41, 5.74) is 1.34. The van der Waals surface area contributed by atoms with Gasteiger partial charge in [-0.05, 0) is 18.1 Å². The monoisotopic (exact) mass is 441 g/mol. The molecule has 8 nitrogen and oxygen atoms in total. The van der Waals surface area contributed by atoms with E-state index in [1.807, 2.05) is 18.2 Å². The van der Waals surface area contributed by atoms with Crippen LogP contribution in [0.4, 0.5) is 4.39 Å². The molecular weight excluding hydrogens is 417 g/mol. The predicted molar refractivity (Wildman–Crippen MR) is 116 cm³/mol. The molecule has 1 amide bonds. The van der Waals surface area contributed by atoms with Crippen LogP contribution in [-0.4, -0.2) is 50.9 Å². The van der Waals surface area contributed by atoms with Crippen LogP contribution in [0.15, 0.2) is 42.7 Å². The summed E-state index contributed by atoms with van der Waals surface area (Å²) in [4.78, 5) is 53.1. The van der Waals surface area contributed by atoms with Crippen LogP contribution in [0.25, 0.3) is 21.8 Å². The molecule has 3 rings (SSSR count). The lowest BCUT2D eigenvalue weighted by atomic mass is 9.90. The largest absolute Gasteiger partial charge is 0.481 e. The maximum absolute atomic E-state index is 13.3. The predicted octanol–water partition coefficient (Wildman–Crippen LogP) is 2.99. The van der Waals surface area contributed by atoms with Crippen LogP contribution in [0.5, 0.6) is 0 Å². The summed E-state index contributed by atoms with van der Waals surface area (Å²) in [6.07, 6.45) is 2.35. The van der Waals surface area contributed by atoms with Gasteiger partial charge in [-0.3, -0.25) is 28.7 Å². The third kappa shape index (κ3) is 4.66. The number of para-hydroxylation sites is 1. The van der Waals surface area contributed by atoms with E-state index >= 15 is 0 Å². The van der Waals surface area contributed by atoms with E-state index in [1.54, 1.807) is 38.4 Å². The first-order chi connectivity index (χ1) is 15.2. The van der Waals surface area contributed by atoms with Crippen molar-refractivity contribution in [1.82, 2.24) is 14.9 Å². The second kappa shape index (κ2) is 9.67. The number of alkyl halides is 1. The number of aliphatic carboxylic acids is 1. The molecule has 0 spiro atoms. The maximum Gasteiger partial charge on any atom is 0.305 e. The van der Waals surface area contributed by atoms with Gasteiger partial charge in [0.15, 0.2) is 5.78 Å². The smallest absolute Gasteiger partial charge is 0.305 e. The van der Waals surface area contributed by atoms with Crippen LogP contribution in [0.2, 0.25) is 0 Å². The van der Waals surface area contributed by atoms with Crippen molar-refractivity contribution in [2.24, 2.45) is 11.8 Å². The van der Waals surface area contributed by atoms with Crippen molar-refractivity contribution >= 4 is 45.4 Å². The molecule has 168 valence electrons. The van der Waals surface area contributed by atoms with Crippen molar-refractivity contribution in [1.29, 1.82) is 0 Å². The molecule has 32 heavy (non-hydrogen) atoms. The van der Waals surface area contributed by atoms with Crippen LogP contribution in [-0.2, 0) is 14.4 Å². The molecule has 0 fully saturated rings. The van der Waals surface area contributed by atoms with E-state index in [1.165, 1.54) is 4.57 Å². The number of aromatic nitrogens is 2. The molecule has 0 saturated heterocycles. The molecule has 0 aliphatic rings. The SMILES string of the molecule is CC(C)[C@H](CC(=O)n1c2ccccc2c2cnccc21)C(=O)NC(CC(=O)O)C(=O)CF. The van der Waals surface area contributed by atoms with Crippen molar-refractivity contribution in [3.8, 4) is 0 Å². The van der Waals surface area contributed by atoms with Gasteiger partial charge in [-0.2, -0.15) is 0 Å². The number of fused-ring (bicyclic) bond motifs is 3. The standard InChI is InChI=1S/C23H24FN3O5/c1-13(2)15(23(32)26-17(10-22(30)31)20(28)11-24)9-21(29)27-18-6-4-3-5-14(18)16-12-25-8-7-19(16)27/h3-8,12-13,15,17H,9-11H2,1-2H3,(H,26,32)(H,30,31)/t15-,17?/m0/s1. The van der Waals surface area contributed by atoms with Gasteiger partial charge < -0.3 is 10.4 Å². The summed E-state index contributed by atoms with van der Waals surface area (Å²) >= 11 is 0. The Hall–Kier alpha value is -3.62. The number of carboxylic acids is 1. The number of rotatable bonds is 9. The highest BCUT2D eigenvalue weighted by Gasteiger charge is 2.31. The van der Waals surface area contributed by atoms with Gasteiger partial charge >= 0.3 is 5.97 Å². The van der Waals surface area contributed by atoms with E-state index in [-0.39, 0.29) is 18.2 Å². The molecular formula is C23H24FN3O5. The minimum Gasteiger partial charge on any atom is -0.481 e. The van der Waals surface area contributed by atoms with E-state index in [9.17, 15) is 23.6 Å². The summed E-state index contributed by atoms with van der Waals surface area (Å²) in [6, 6.07) is 7.60. The molecule has 3 aromatic rings. The van der Waals surface area contributed by atoms with Crippen molar-refractivity contribution < 1.29 is 28.7 Å². The number of benzene rings is 1. The lowest BCUT2D eigenvalue weighted by Crippen LogP contribution is -2.47. The number of carbonyl (C=O) groups excluding carboxylic acids is 3. The molecule has 0 bridgehead atoms. The summed E-state index contributed by atoms with van der Waals surface area (Å²) < 4.78 is 14.4. The lowest BCUT2D eigenvalue weighted by Gasteiger charge is -2.23. The fourth-order valence-electron chi connectivity index (χ4n) is 3.79. The van der Waals surface area contributed by atoms with Gasteiger partial charge in [0.25, 0.3) is 0 Å². The highest BCUT2D eigenvalue weighted by molar-refractivity contribution is 6.13. The van der Waals surface area contributed by atoms with E-state index in [4.69, 9.17) is 5.11 Å². The normalized spacial score (nSPS) is 13.2. The van der Waals surface area contributed by atoms with Crippen LogP contribution in [0.1, 0.15) is 31.5 Å². The zero-order chi connectivity index (χ0) is 23.4. The maximum atomic E-state index is 13.3. The van der Waals surface area contributed by atoms with Crippen LogP contribution >= 0.6 is 0 Å². The van der Waals surface area contributed by atoms with Crippen molar-refractivity contribution in [3.05, 3.63) is 42.7 Å². The minimum atomic E-state index is -1.49. The Morgan fingerprint density at radius 1 is 1.06 bits per heavy atom. The highest BCUT2D eigenvalue weighted by Crippen LogP contribution is 2.29. The molecule has 2 aromatic heterocycles. The third-order valence-corrected chi connectivity index (χ3v) is 5.48. The molecule has 2 N–H and O–H groups in total. The Morgan fingerprint density at radius 3 is 2.41 bits per heavy atom. The van der Waals surface area contributed by atoms with E-state index in [0.29, 0.717) is 11.0 Å². The van der Waals surface area contributed by atoms with E-state index in [0.717, 1.165) is 10.8 Å². The van der Waals surface area contributed by atoms with Gasteiger partial charge in [0.1, 0.15) is 12.7 Å². The summed E-state index contributed by atoms with van der Waals surface area (Å²) in [6.45, 7) is 2.10. The van der Waals surface area contributed by atoms with Gasteiger partial charge in [0, 0.05) is 35.5 Å². The fraction of sp³-hybridized carbons (Fsp3) is 0.348. The molecule has 0 aliphatic carbocycles. The van der Waals surface area contributed by atoms with Gasteiger partial charge in [-0.1, -0.05) is 32.0 Å². The molecule has 2 atom stereocenters. The number of carbonyl (C=O) groups is 4. The molecule has 1 aromatic carbocycles. The number of nitrogens with one attached hydrogen (secondary N) is 1. The first-order valence-corrected chi connectivity index (χ1v) is 10.2. The molecule has 1 unspecified atom stereocenters. The molecule has 9 heteroatoms. The Balaban J connectivity index is 1.91. The first kappa shape index (κ1) is 23.1. The number of amides is 1. The third-order valence-electron chi connectivity index (χ3n) is 5.48. The summed E-state index contributed by atoms with van der Waals surface area (Å²) in [7, 11) is 0. The number of ketones is 1. The number of hydrogen-bond acceptors (Lipinski definition) is 5. The van der Waals surface area contributed by atoms with Crippen LogP contribution in [0, 0.1) is 11.8 Å². The van der Waals surface area contributed by atoms with E-state index in [2.05, 4.69) is 10.3 Å². The second-order valence-corrected chi connectivity index (χ2v) is 7.95. The Morgan fingerprint density at radius 2 is 1.75 bits per heavy atom. The summed E-state index contributed by atoms with van der Waals surface area (Å²) in [5, 5.41) is 13.0. The van der Waals surface area contributed by atoms with Gasteiger partial charge in [0.2, 0.25) is 11.8 Å². The number of carboxylic acid groups (broad SMARTS) is 1. The topological polar surface area (TPSA) is 118 Å². The van der Waals surface area contributed by atoms with Crippen LogP contribution < -0.4 is 5.32 Å². The van der Waals surface area contributed by atoms with E-state index < -0.39 is 42.7 Å². The highest BCUT2D eigenvalue weighted by atomic mass is 19.1. The Bertz CT molecular complexity index is 1130. The number of pyridine rings is 1. The summed E-state index contributed by atoms with van der Waals surface area (Å²) in [5.74, 6) is -4.49. The Kier molecular flexibility index (Phi) is 6.97. The van der Waals surface area contributed by atoms with Crippen molar-refractivity contribution in [2.45, 2.75) is 32.7 Å². The zero-order valence-corrected chi connectivity index (χ0v) is 17.7. The van der Waals surface area contributed by atoms with Gasteiger partial charge in [-0.15, -0.1) is 0 Å². The van der Waals surface area contributed by atoms with Crippen molar-refractivity contribution in [2.75, 3.05) is 6.67 Å². The number of nitrogens with zero attached hydrogens (tertiary/aromatic N) is 2. The zero-order valence-electron chi connectivity index (χ0n) is 17.7. The fourth-order valence-corrected chi connectivity index (χ4v) is 3.79. The molecule has 0 radical (unpaired) electrons. The number of hydrogen-bond donors (Lipinski definition) is 2. The quantitative estimate of drug-likeness (QED) is 0.527. The first-order valence-electron chi connectivity index (χ1n) is 10.2. The van der Waals surface area contributed by atoms with Crippen LogP contribution in [0.3, 0.4) is 0 Å². The average molecular weight is 441 g/mol. The molecule has 0 aliphatic heterocycles. The van der Waals surface area contributed by atoms with Crippen molar-refractivity contribution in [3.63, 3.8) is 0 Å². The van der Waals surface area contributed by atoms with Gasteiger partial charge in [0.05, 0.1) is 17.5 Å². The minimum absolute atomic E-state index is 0.177.